The van der Waals surface area contributed by atoms with Crippen molar-refractivity contribution in [2.24, 2.45) is 0 Å². The number of esters is 1. The van der Waals surface area contributed by atoms with Crippen molar-refractivity contribution >= 4 is 21.9 Å². The Kier molecular flexibility index (Phi) is 5.10. The molecule has 9 heteroatoms. The lowest BCUT2D eigenvalue weighted by Crippen LogP contribution is -2.21. The van der Waals surface area contributed by atoms with Crippen LogP contribution in [0.2, 0.25) is 0 Å². The molecule has 0 spiro atoms. The van der Waals surface area contributed by atoms with Crippen molar-refractivity contribution in [1.82, 2.24) is 4.98 Å². The highest BCUT2D eigenvalue weighted by Crippen LogP contribution is 2.28. The zero-order valence-corrected chi connectivity index (χ0v) is 11.1. The smallest absolute Gasteiger partial charge is 0.462 e. The van der Waals surface area contributed by atoms with Gasteiger partial charge in [-0.2, -0.15) is 0 Å². The molecule has 4 nitrogen and oxygen atoms in total. The Hall–Kier alpha value is -1.38. The second-order valence-electron chi connectivity index (χ2n) is 3.18. The lowest BCUT2D eigenvalue weighted by molar-refractivity contribution is -0.277. The van der Waals surface area contributed by atoms with E-state index >= 15 is 0 Å². The maximum absolute atomic E-state index is 13.8. The molecule has 106 valence electrons. The summed E-state index contributed by atoms with van der Waals surface area (Å²) in [5.41, 5.74) is -0.571. The average Bonchev–Trinajstić information content (AvgIpc) is 2.30. The van der Waals surface area contributed by atoms with Crippen LogP contribution in [0.5, 0.6) is 5.88 Å². The number of alkyl halides is 4. The van der Waals surface area contributed by atoms with Gasteiger partial charge in [0.25, 0.3) is 5.88 Å². The molecule has 1 rings (SSSR count). The molecule has 0 atom stereocenters. The van der Waals surface area contributed by atoms with E-state index in [1.807, 2.05) is 0 Å². The number of hydrogen-bond acceptors (Lipinski definition) is 4. The lowest BCUT2D eigenvalue weighted by Gasteiger charge is -2.12. The van der Waals surface area contributed by atoms with Gasteiger partial charge in [0.15, 0.2) is 5.82 Å². The van der Waals surface area contributed by atoms with Gasteiger partial charge in [-0.3, -0.25) is 0 Å². The van der Waals surface area contributed by atoms with E-state index in [0.717, 1.165) is 6.20 Å². The largest absolute Gasteiger partial charge is 0.574 e. The average molecular weight is 346 g/mol. The Labute approximate surface area is 113 Å². The fourth-order valence-corrected chi connectivity index (χ4v) is 1.64. The first-order valence-electron chi connectivity index (χ1n) is 4.96. The van der Waals surface area contributed by atoms with Crippen LogP contribution in [0.1, 0.15) is 22.8 Å². The Bertz CT molecular complexity index is 479. The molecule has 0 fully saturated rings. The quantitative estimate of drug-likeness (QED) is 0.477. The van der Waals surface area contributed by atoms with Crippen molar-refractivity contribution in [1.29, 1.82) is 0 Å². The van der Waals surface area contributed by atoms with E-state index in [-0.39, 0.29) is 17.5 Å². The van der Waals surface area contributed by atoms with Gasteiger partial charge in [0, 0.05) is 11.5 Å². The maximum atomic E-state index is 13.8. The summed E-state index contributed by atoms with van der Waals surface area (Å²) in [6, 6.07) is 0. The van der Waals surface area contributed by atoms with Crippen LogP contribution < -0.4 is 4.74 Å². The van der Waals surface area contributed by atoms with Gasteiger partial charge < -0.3 is 9.47 Å². The first kappa shape index (κ1) is 15.7. The molecule has 1 aromatic rings. The van der Waals surface area contributed by atoms with Crippen LogP contribution in [0.25, 0.3) is 0 Å². The molecule has 0 N–H and O–H groups in total. The molecule has 0 saturated heterocycles. The minimum absolute atomic E-state index is 0.0252. The number of nitrogens with zero attached hydrogens (tertiary/aromatic N) is 1. The highest BCUT2D eigenvalue weighted by atomic mass is 79.9. The second kappa shape index (κ2) is 6.18. The third kappa shape index (κ3) is 4.05. The summed E-state index contributed by atoms with van der Waals surface area (Å²) in [5, 5.41) is 0.0252. The van der Waals surface area contributed by atoms with Gasteiger partial charge in [-0.1, -0.05) is 15.9 Å². The Balaban J connectivity index is 3.25. The molecule has 0 aromatic carbocycles. The second-order valence-corrected chi connectivity index (χ2v) is 3.74. The van der Waals surface area contributed by atoms with Gasteiger partial charge in [-0.25, -0.2) is 14.2 Å². The molecular weight excluding hydrogens is 338 g/mol. The van der Waals surface area contributed by atoms with E-state index < -0.39 is 29.6 Å². The number of rotatable bonds is 4. The van der Waals surface area contributed by atoms with Crippen molar-refractivity contribution in [3.8, 4) is 5.88 Å². The van der Waals surface area contributed by atoms with Gasteiger partial charge in [0.2, 0.25) is 0 Å². The van der Waals surface area contributed by atoms with E-state index in [2.05, 4.69) is 30.4 Å². The van der Waals surface area contributed by atoms with Crippen molar-refractivity contribution < 1.29 is 31.8 Å². The molecule has 19 heavy (non-hydrogen) atoms. The van der Waals surface area contributed by atoms with E-state index in [4.69, 9.17) is 0 Å². The van der Waals surface area contributed by atoms with E-state index in [1.54, 1.807) is 0 Å². The third-order valence-electron chi connectivity index (χ3n) is 1.90. The number of aromatic nitrogens is 1. The SMILES string of the molecule is CCOC(=O)c1c(CBr)cnc(OC(F)(F)F)c1F. The monoisotopic (exact) mass is 345 g/mol. The number of pyridine rings is 1. The van der Waals surface area contributed by atoms with Gasteiger partial charge in [-0.15, -0.1) is 13.2 Å². The van der Waals surface area contributed by atoms with Crippen molar-refractivity contribution in [2.75, 3.05) is 6.61 Å². The van der Waals surface area contributed by atoms with E-state index in [1.165, 1.54) is 6.92 Å². The van der Waals surface area contributed by atoms with Crippen molar-refractivity contribution in [3.63, 3.8) is 0 Å². The van der Waals surface area contributed by atoms with Gasteiger partial charge in [0.05, 0.1) is 6.61 Å². The summed E-state index contributed by atoms with van der Waals surface area (Å²) in [5.74, 6) is -3.91. The highest BCUT2D eigenvalue weighted by Gasteiger charge is 2.35. The highest BCUT2D eigenvalue weighted by molar-refractivity contribution is 9.08. The van der Waals surface area contributed by atoms with Crippen LogP contribution in [0.15, 0.2) is 6.20 Å². The van der Waals surface area contributed by atoms with E-state index in [0.29, 0.717) is 0 Å². The van der Waals surface area contributed by atoms with Crippen LogP contribution >= 0.6 is 15.9 Å². The van der Waals surface area contributed by atoms with Gasteiger partial charge >= 0.3 is 12.3 Å². The molecular formula is C10H8BrF4NO3. The first-order chi connectivity index (χ1) is 8.80. The Morgan fingerprint density at radius 3 is 2.58 bits per heavy atom. The molecule has 1 aromatic heterocycles. The number of carbonyl (C=O) groups is 1. The molecule has 0 aliphatic heterocycles. The fraction of sp³-hybridized carbons (Fsp3) is 0.400. The Morgan fingerprint density at radius 2 is 2.11 bits per heavy atom. The Morgan fingerprint density at radius 1 is 1.47 bits per heavy atom. The van der Waals surface area contributed by atoms with Gasteiger partial charge in [-0.05, 0) is 12.5 Å². The van der Waals surface area contributed by atoms with Crippen LogP contribution in [-0.2, 0) is 10.1 Å². The van der Waals surface area contributed by atoms with Crippen LogP contribution in [0.4, 0.5) is 17.6 Å². The van der Waals surface area contributed by atoms with Crippen LogP contribution in [0.3, 0.4) is 0 Å². The minimum atomic E-state index is -5.10. The zero-order chi connectivity index (χ0) is 14.6. The third-order valence-corrected chi connectivity index (χ3v) is 2.51. The predicted molar refractivity (Wildman–Crippen MR) is 59.5 cm³/mol. The minimum Gasteiger partial charge on any atom is -0.462 e. The topological polar surface area (TPSA) is 48.4 Å². The lowest BCUT2D eigenvalue weighted by atomic mass is 10.1. The van der Waals surface area contributed by atoms with E-state index in [9.17, 15) is 22.4 Å². The molecule has 0 amide bonds. The number of halogens is 5. The molecule has 0 aliphatic rings. The van der Waals surface area contributed by atoms with Gasteiger partial charge in [0.1, 0.15) is 5.56 Å². The molecule has 0 bridgehead atoms. The summed E-state index contributed by atoms with van der Waals surface area (Å²) in [6.45, 7) is 1.44. The van der Waals surface area contributed by atoms with Crippen molar-refractivity contribution in [2.45, 2.75) is 18.6 Å². The standard InChI is InChI=1S/C10H8BrF4NO3/c1-2-18-9(17)6-5(3-11)4-16-8(7(6)12)19-10(13,14)15/h4H,2-3H2,1H3. The van der Waals surface area contributed by atoms with Crippen molar-refractivity contribution in [3.05, 3.63) is 23.1 Å². The first-order valence-corrected chi connectivity index (χ1v) is 6.08. The summed E-state index contributed by atoms with van der Waals surface area (Å²) < 4.78 is 57.9. The fourth-order valence-electron chi connectivity index (χ4n) is 1.21. The summed E-state index contributed by atoms with van der Waals surface area (Å²) >= 11 is 2.97. The molecule has 0 aliphatic carbocycles. The van der Waals surface area contributed by atoms with Crippen LogP contribution in [-0.4, -0.2) is 23.9 Å². The predicted octanol–water partition coefficient (Wildman–Crippen LogP) is 3.19. The summed E-state index contributed by atoms with van der Waals surface area (Å²) in [7, 11) is 0. The van der Waals surface area contributed by atoms with Crippen LogP contribution in [0, 0.1) is 5.82 Å². The normalized spacial score (nSPS) is 11.3. The molecule has 1 heterocycles. The maximum Gasteiger partial charge on any atom is 0.574 e. The number of carbonyl (C=O) groups excluding carboxylic acids is 1. The summed E-state index contributed by atoms with van der Waals surface area (Å²) in [4.78, 5) is 14.7. The molecule has 0 saturated carbocycles. The molecule has 0 unspecified atom stereocenters. The zero-order valence-electron chi connectivity index (χ0n) is 9.55. The number of ether oxygens (including phenoxy) is 2. The summed E-state index contributed by atoms with van der Waals surface area (Å²) in [6.07, 6.45) is -4.19. The molecule has 0 radical (unpaired) electrons. The number of hydrogen-bond donors (Lipinski definition) is 0.